The molecule has 0 aliphatic heterocycles. The second-order valence-corrected chi connectivity index (χ2v) is 6.08. The van der Waals surface area contributed by atoms with Crippen molar-refractivity contribution >= 4 is 0 Å². The van der Waals surface area contributed by atoms with Gasteiger partial charge < -0.3 is 10.5 Å². The van der Waals surface area contributed by atoms with Gasteiger partial charge in [-0.05, 0) is 43.7 Å². The van der Waals surface area contributed by atoms with Gasteiger partial charge in [-0.1, -0.05) is 43.9 Å². The van der Waals surface area contributed by atoms with Crippen LogP contribution in [0.15, 0.2) is 18.2 Å². The lowest BCUT2D eigenvalue weighted by atomic mass is 9.69. The molecule has 1 fully saturated rings. The summed E-state index contributed by atoms with van der Waals surface area (Å²) in [5.41, 5.74) is 9.27. The van der Waals surface area contributed by atoms with E-state index in [-0.39, 0.29) is 5.54 Å². The maximum Gasteiger partial charge on any atom is 0.122 e. The number of nitrogens with two attached hydrogens (primary N) is 1. The van der Waals surface area contributed by atoms with Crippen molar-refractivity contribution in [1.29, 1.82) is 0 Å². The largest absolute Gasteiger partial charge is 0.496 e. The molecule has 19 heavy (non-hydrogen) atoms. The van der Waals surface area contributed by atoms with Crippen LogP contribution in [-0.2, 0) is 6.42 Å². The zero-order chi connectivity index (χ0) is 13.9. The molecule has 0 bridgehead atoms. The van der Waals surface area contributed by atoms with E-state index in [1.54, 1.807) is 7.11 Å². The lowest BCUT2D eigenvalue weighted by molar-refractivity contribution is 0.181. The smallest absolute Gasteiger partial charge is 0.122 e. The summed E-state index contributed by atoms with van der Waals surface area (Å²) in [5.74, 6) is 1.63. The predicted octanol–water partition coefficient (Wildman–Crippen LogP) is 3.84. The van der Waals surface area contributed by atoms with Crippen molar-refractivity contribution in [1.82, 2.24) is 0 Å². The third-order valence-corrected chi connectivity index (χ3v) is 4.71. The maximum absolute atomic E-state index is 6.76. The maximum atomic E-state index is 6.76. The third-order valence-electron chi connectivity index (χ3n) is 4.71. The molecular formula is C17H27NO. The molecule has 0 heterocycles. The van der Waals surface area contributed by atoms with Crippen molar-refractivity contribution in [2.75, 3.05) is 7.11 Å². The summed E-state index contributed by atoms with van der Waals surface area (Å²) >= 11 is 0. The van der Waals surface area contributed by atoms with E-state index in [9.17, 15) is 0 Å². The van der Waals surface area contributed by atoms with Gasteiger partial charge in [0.2, 0.25) is 0 Å². The summed E-state index contributed by atoms with van der Waals surface area (Å²) in [4.78, 5) is 0. The van der Waals surface area contributed by atoms with Crippen LogP contribution in [0.5, 0.6) is 5.75 Å². The first-order chi connectivity index (χ1) is 9.09. The van der Waals surface area contributed by atoms with Crippen LogP contribution in [-0.4, -0.2) is 12.6 Å². The average molecular weight is 261 g/mol. The minimum absolute atomic E-state index is 0.0475. The summed E-state index contributed by atoms with van der Waals surface area (Å²) in [6.07, 6.45) is 7.15. The number of aryl methyl sites for hydroxylation is 1. The summed E-state index contributed by atoms with van der Waals surface area (Å²) in [5, 5.41) is 0. The Morgan fingerprint density at radius 3 is 2.84 bits per heavy atom. The number of hydrogen-bond donors (Lipinski definition) is 1. The molecule has 0 aromatic heterocycles. The summed E-state index contributed by atoms with van der Waals surface area (Å²) in [6.45, 7) is 4.40. The molecule has 0 radical (unpaired) electrons. The Morgan fingerprint density at radius 2 is 2.16 bits per heavy atom. The molecule has 2 atom stereocenters. The topological polar surface area (TPSA) is 35.2 Å². The fraction of sp³-hybridized carbons (Fsp3) is 0.647. The minimum Gasteiger partial charge on any atom is -0.496 e. The summed E-state index contributed by atoms with van der Waals surface area (Å²) < 4.78 is 5.50. The van der Waals surface area contributed by atoms with E-state index in [2.05, 4.69) is 32.0 Å². The van der Waals surface area contributed by atoms with E-state index in [4.69, 9.17) is 10.5 Å². The highest BCUT2D eigenvalue weighted by Crippen LogP contribution is 2.38. The average Bonchev–Trinajstić information content (AvgIpc) is 2.39. The van der Waals surface area contributed by atoms with E-state index in [1.165, 1.54) is 36.8 Å². The Labute approximate surface area is 117 Å². The Morgan fingerprint density at radius 1 is 1.37 bits per heavy atom. The van der Waals surface area contributed by atoms with E-state index in [1.807, 2.05) is 0 Å². The molecule has 0 saturated heterocycles. The zero-order valence-electron chi connectivity index (χ0n) is 12.5. The Kier molecular flexibility index (Phi) is 4.51. The van der Waals surface area contributed by atoms with Gasteiger partial charge in [0.05, 0.1) is 7.11 Å². The minimum atomic E-state index is -0.0475. The Balaban J connectivity index is 2.25. The van der Waals surface area contributed by atoms with Gasteiger partial charge in [-0.2, -0.15) is 0 Å². The predicted molar refractivity (Wildman–Crippen MR) is 80.6 cm³/mol. The van der Waals surface area contributed by atoms with E-state index in [0.717, 1.165) is 18.6 Å². The standard InChI is InChI=1S/C17H27NO/c1-4-15-7-5-6-10-17(15,18)12-14-11-13(2)8-9-16(14)19-3/h8-9,11,15H,4-7,10,12,18H2,1-3H3. The molecule has 1 aromatic rings. The van der Waals surface area contributed by atoms with Crippen LogP contribution in [0.4, 0.5) is 0 Å². The van der Waals surface area contributed by atoms with Gasteiger partial charge >= 0.3 is 0 Å². The highest BCUT2D eigenvalue weighted by molar-refractivity contribution is 5.38. The highest BCUT2D eigenvalue weighted by Gasteiger charge is 2.36. The van der Waals surface area contributed by atoms with Crippen LogP contribution in [0.3, 0.4) is 0 Å². The van der Waals surface area contributed by atoms with E-state index in [0.29, 0.717) is 5.92 Å². The lowest BCUT2D eigenvalue weighted by Crippen LogP contribution is -2.50. The molecule has 2 nitrogen and oxygen atoms in total. The van der Waals surface area contributed by atoms with Crippen LogP contribution in [0, 0.1) is 12.8 Å². The highest BCUT2D eigenvalue weighted by atomic mass is 16.5. The van der Waals surface area contributed by atoms with Crippen LogP contribution < -0.4 is 10.5 Å². The molecule has 2 N–H and O–H groups in total. The van der Waals surface area contributed by atoms with Gasteiger partial charge in [0.1, 0.15) is 5.75 Å². The molecule has 0 spiro atoms. The van der Waals surface area contributed by atoms with E-state index < -0.39 is 0 Å². The molecule has 2 unspecified atom stereocenters. The fourth-order valence-electron chi connectivity index (χ4n) is 3.58. The van der Waals surface area contributed by atoms with Crippen molar-refractivity contribution in [2.24, 2.45) is 11.7 Å². The monoisotopic (exact) mass is 261 g/mol. The van der Waals surface area contributed by atoms with Gasteiger partial charge in [0.15, 0.2) is 0 Å². The first-order valence-electron chi connectivity index (χ1n) is 7.51. The lowest BCUT2D eigenvalue weighted by Gasteiger charge is -2.41. The molecule has 2 rings (SSSR count). The molecule has 1 aromatic carbocycles. The zero-order valence-corrected chi connectivity index (χ0v) is 12.5. The fourth-order valence-corrected chi connectivity index (χ4v) is 3.58. The molecule has 106 valence electrons. The quantitative estimate of drug-likeness (QED) is 0.893. The number of hydrogen-bond acceptors (Lipinski definition) is 2. The number of methoxy groups -OCH3 is 1. The first kappa shape index (κ1) is 14.4. The molecule has 1 aliphatic rings. The van der Waals surface area contributed by atoms with Gasteiger partial charge in [-0.25, -0.2) is 0 Å². The molecule has 2 heteroatoms. The summed E-state index contributed by atoms with van der Waals surface area (Å²) in [6, 6.07) is 6.40. The molecule has 1 aliphatic carbocycles. The number of benzene rings is 1. The first-order valence-corrected chi connectivity index (χ1v) is 7.51. The van der Waals surface area contributed by atoms with Crippen molar-refractivity contribution in [3.05, 3.63) is 29.3 Å². The molecular weight excluding hydrogens is 234 g/mol. The van der Waals surface area contributed by atoms with Crippen molar-refractivity contribution in [2.45, 2.75) is 57.9 Å². The van der Waals surface area contributed by atoms with Crippen molar-refractivity contribution in [3.63, 3.8) is 0 Å². The van der Waals surface area contributed by atoms with Crippen LogP contribution in [0.2, 0.25) is 0 Å². The van der Waals surface area contributed by atoms with Crippen molar-refractivity contribution in [3.8, 4) is 5.75 Å². The van der Waals surface area contributed by atoms with Gasteiger partial charge in [0, 0.05) is 5.54 Å². The molecule has 0 amide bonds. The van der Waals surface area contributed by atoms with Gasteiger partial charge in [-0.3, -0.25) is 0 Å². The third kappa shape index (κ3) is 3.11. The Bertz CT molecular complexity index is 429. The summed E-state index contributed by atoms with van der Waals surface area (Å²) in [7, 11) is 1.75. The number of ether oxygens (including phenoxy) is 1. The SMILES string of the molecule is CCC1CCCCC1(N)Cc1cc(C)ccc1OC. The number of rotatable bonds is 4. The second kappa shape index (κ2) is 5.96. The normalized spacial score (nSPS) is 27.3. The van der Waals surface area contributed by atoms with E-state index >= 15 is 0 Å². The van der Waals surface area contributed by atoms with Crippen LogP contribution in [0.25, 0.3) is 0 Å². The van der Waals surface area contributed by atoms with Gasteiger partial charge in [-0.15, -0.1) is 0 Å². The van der Waals surface area contributed by atoms with Crippen LogP contribution in [0.1, 0.15) is 50.2 Å². The Hall–Kier alpha value is -1.02. The molecule has 1 saturated carbocycles. The second-order valence-electron chi connectivity index (χ2n) is 6.08. The van der Waals surface area contributed by atoms with Crippen molar-refractivity contribution < 1.29 is 4.74 Å². The van der Waals surface area contributed by atoms with Gasteiger partial charge in [0.25, 0.3) is 0 Å². The van der Waals surface area contributed by atoms with Crippen LogP contribution >= 0.6 is 0 Å².